The highest BCUT2D eigenvalue weighted by atomic mass is 16.5. The molecule has 0 radical (unpaired) electrons. The number of methoxy groups -OCH3 is 2. The summed E-state index contributed by atoms with van der Waals surface area (Å²) >= 11 is 0. The Hall–Kier alpha value is -3.22. The third kappa shape index (κ3) is 4.82. The lowest BCUT2D eigenvalue weighted by Crippen LogP contribution is -2.39. The van der Waals surface area contributed by atoms with Crippen molar-refractivity contribution in [3.05, 3.63) is 53.6 Å². The molecule has 2 heterocycles. The van der Waals surface area contributed by atoms with E-state index in [0.29, 0.717) is 41.5 Å². The second-order valence-corrected chi connectivity index (χ2v) is 8.23. The molecule has 0 aromatic heterocycles. The van der Waals surface area contributed by atoms with E-state index in [9.17, 15) is 9.59 Å². The van der Waals surface area contributed by atoms with Crippen molar-refractivity contribution < 1.29 is 23.8 Å². The van der Waals surface area contributed by atoms with Gasteiger partial charge in [0.05, 0.1) is 20.3 Å². The molecule has 0 bridgehead atoms. The predicted octanol–water partition coefficient (Wildman–Crippen LogP) is 3.62. The molecule has 0 N–H and O–H groups in total. The van der Waals surface area contributed by atoms with E-state index >= 15 is 0 Å². The standard InChI is InChI=1S/C25H30N2O5/c1-30-22-14-19(15-23(16-22)31-2)25(29)27-13-5-6-20(27)17-32-21-9-7-18(8-10-21)24(28)26-11-3-4-12-26/h7-10,14-16,20H,3-6,11-13,17H2,1-2H3/t20-/m0/s1. The number of ether oxygens (including phenoxy) is 3. The Morgan fingerprint density at radius 2 is 1.47 bits per heavy atom. The predicted molar refractivity (Wildman–Crippen MR) is 121 cm³/mol. The Morgan fingerprint density at radius 1 is 0.812 bits per heavy atom. The van der Waals surface area contributed by atoms with Gasteiger partial charge in [-0.25, -0.2) is 0 Å². The topological polar surface area (TPSA) is 68.3 Å². The van der Waals surface area contributed by atoms with Gasteiger partial charge in [0.1, 0.15) is 23.9 Å². The van der Waals surface area contributed by atoms with Gasteiger partial charge in [0.2, 0.25) is 0 Å². The molecule has 2 amide bonds. The maximum atomic E-state index is 13.2. The normalized spacial score (nSPS) is 18.0. The van der Waals surface area contributed by atoms with E-state index < -0.39 is 0 Å². The van der Waals surface area contributed by atoms with E-state index in [0.717, 1.165) is 38.8 Å². The molecule has 0 saturated carbocycles. The molecule has 32 heavy (non-hydrogen) atoms. The van der Waals surface area contributed by atoms with Gasteiger partial charge in [0, 0.05) is 36.8 Å². The van der Waals surface area contributed by atoms with Crippen molar-refractivity contribution >= 4 is 11.8 Å². The molecule has 0 unspecified atom stereocenters. The minimum Gasteiger partial charge on any atom is -0.497 e. The van der Waals surface area contributed by atoms with Crippen LogP contribution in [0.25, 0.3) is 0 Å². The smallest absolute Gasteiger partial charge is 0.254 e. The van der Waals surface area contributed by atoms with Crippen LogP contribution in [0.3, 0.4) is 0 Å². The third-order valence-electron chi connectivity index (χ3n) is 6.17. The average molecular weight is 439 g/mol. The molecule has 0 aliphatic carbocycles. The lowest BCUT2D eigenvalue weighted by Gasteiger charge is -2.25. The summed E-state index contributed by atoms with van der Waals surface area (Å²) in [5.41, 5.74) is 1.22. The largest absolute Gasteiger partial charge is 0.497 e. The number of carbonyl (C=O) groups is 2. The van der Waals surface area contributed by atoms with Gasteiger partial charge in [-0.2, -0.15) is 0 Å². The molecule has 170 valence electrons. The first kappa shape index (κ1) is 22.0. The molecule has 1 atom stereocenters. The summed E-state index contributed by atoms with van der Waals surface area (Å²) in [6.07, 6.45) is 3.97. The van der Waals surface area contributed by atoms with Crippen LogP contribution in [0.2, 0.25) is 0 Å². The third-order valence-corrected chi connectivity index (χ3v) is 6.17. The molecule has 7 heteroatoms. The summed E-state index contributed by atoms with van der Waals surface area (Å²) in [5.74, 6) is 1.90. The molecule has 2 fully saturated rings. The van der Waals surface area contributed by atoms with E-state index in [4.69, 9.17) is 14.2 Å². The van der Waals surface area contributed by atoms with Crippen molar-refractivity contribution in [1.29, 1.82) is 0 Å². The second kappa shape index (κ2) is 9.94. The molecule has 2 aliphatic heterocycles. The van der Waals surface area contributed by atoms with Crippen molar-refractivity contribution in [3.63, 3.8) is 0 Å². The molecule has 2 aromatic rings. The minimum absolute atomic E-state index is 0.00870. The van der Waals surface area contributed by atoms with Crippen LogP contribution in [0, 0.1) is 0 Å². The maximum Gasteiger partial charge on any atom is 0.254 e. The number of carbonyl (C=O) groups excluding carboxylic acids is 2. The Balaban J connectivity index is 1.38. The summed E-state index contributed by atoms with van der Waals surface area (Å²) in [6.45, 7) is 2.77. The first-order valence-corrected chi connectivity index (χ1v) is 11.1. The monoisotopic (exact) mass is 438 g/mol. The van der Waals surface area contributed by atoms with Crippen molar-refractivity contribution in [2.75, 3.05) is 40.5 Å². The molecule has 2 aromatic carbocycles. The van der Waals surface area contributed by atoms with Crippen molar-refractivity contribution in [2.24, 2.45) is 0 Å². The van der Waals surface area contributed by atoms with Crippen molar-refractivity contribution in [3.8, 4) is 17.2 Å². The molecule has 4 rings (SSSR count). The Bertz CT molecular complexity index is 931. The number of nitrogens with zero attached hydrogens (tertiary/aromatic N) is 2. The lowest BCUT2D eigenvalue weighted by molar-refractivity contribution is 0.0690. The van der Waals surface area contributed by atoms with Crippen molar-refractivity contribution in [2.45, 2.75) is 31.7 Å². The molecular weight excluding hydrogens is 408 g/mol. The van der Waals surface area contributed by atoms with Gasteiger partial charge >= 0.3 is 0 Å². The SMILES string of the molecule is COc1cc(OC)cc(C(=O)N2CCC[C@H]2COc2ccc(C(=O)N3CCCC3)cc2)c1. The zero-order valence-corrected chi connectivity index (χ0v) is 18.7. The Morgan fingerprint density at radius 3 is 2.09 bits per heavy atom. The van der Waals surface area contributed by atoms with Crippen LogP contribution in [0.5, 0.6) is 17.2 Å². The van der Waals surface area contributed by atoms with Crippen LogP contribution in [0.4, 0.5) is 0 Å². The number of rotatable bonds is 7. The van der Waals surface area contributed by atoms with Crippen molar-refractivity contribution in [1.82, 2.24) is 9.80 Å². The van der Waals surface area contributed by atoms with Gasteiger partial charge in [-0.05, 0) is 62.1 Å². The highest BCUT2D eigenvalue weighted by Crippen LogP contribution is 2.27. The number of hydrogen-bond acceptors (Lipinski definition) is 5. The maximum absolute atomic E-state index is 13.2. The second-order valence-electron chi connectivity index (χ2n) is 8.23. The first-order valence-electron chi connectivity index (χ1n) is 11.1. The lowest BCUT2D eigenvalue weighted by atomic mass is 10.1. The zero-order chi connectivity index (χ0) is 22.5. The van der Waals surface area contributed by atoms with E-state index in [1.807, 2.05) is 34.1 Å². The summed E-state index contributed by atoms with van der Waals surface area (Å²) < 4.78 is 16.6. The number of amides is 2. The number of benzene rings is 2. The number of likely N-dealkylation sites (tertiary alicyclic amines) is 2. The molecule has 0 spiro atoms. The van der Waals surface area contributed by atoms with Crippen LogP contribution in [-0.2, 0) is 0 Å². The van der Waals surface area contributed by atoms with E-state index in [1.54, 1.807) is 32.4 Å². The molecule has 2 aliphatic rings. The first-order chi connectivity index (χ1) is 15.6. The van der Waals surface area contributed by atoms with E-state index in [-0.39, 0.29) is 17.9 Å². The highest BCUT2D eigenvalue weighted by molar-refractivity contribution is 5.95. The van der Waals surface area contributed by atoms with E-state index in [1.165, 1.54) is 0 Å². The minimum atomic E-state index is -0.0557. The fourth-order valence-corrected chi connectivity index (χ4v) is 4.36. The molecule has 2 saturated heterocycles. The van der Waals surface area contributed by atoms with Gasteiger partial charge in [-0.3, -0.25) is 9.59 Å². The van der Waals surface area contributed by atoms with Gasteiger partial charge < -0.3 is 24.0 Å². The van der Waals surface area contributed by atoms with Crippen LogP contribution >= 0.6 is 0 Å². The number of hydrogen-bond donors (Lipinski definition) is 0. The highest BCUT2D eigenvalue weighted by Gasteiger charge is 2.30. The quantitative estimate of drug-likeness (QED) is 0.661. The average Bonchev–Trinajstić information content (AvgIpc) is 3.54. The van der Waals surface area contributed by atoms with Gasteiger partial charge in [-0.1, -0.05) is 0 Å². The summed E-state index contributed by atoms with van der Waals surface area (Å²) in [6, 6.07) is 12.5. The summed E-state index contributed by atoms with van der Waals surface area (Å²) in [7, 11) is 3.14. The Kier molecular flexibility index (Phi) is 6.83. The zero-order valence-electron chi connectivity index (χ0n) is 18.7. The van der Waals surface area contributed by atoms with Gasteiger partial charge in [0.25, 0.3) is 11.8 Å². The van der Waals surface area contributed by atoms with Gasteiger partial charge in [-0.15, -0.1) is 0 Å². The Labute approximate surface area is 188 Å². The fraction of sp³-hybridized carbons (Fsp3) is 0.440. The molecule has 7 nitrogen and oxygen atoms in total. The fourth-order valence-electron chi connectivity index (χ4n) is 4.36. The van der Waals surface area contributed by atoms with Gasteiger partial charge in [0.15, 0.2) is 0 Å². The summed E-state index contributed by atoms with van der Waals surface area (Å²) in [5, 5.41) is 0. The van der Waals surface area contributed by atoms with Crippen LogP contribution in [0.1, 0.15) is 46.4 Å². The van der Waals surface area contributed by atoms with Crippen LogP contribution < -0.4 is 14.2 Å². The molecular formula is C25H30N2O5. The summed E-state index contributed by atoms with van der Waals surface area (Å²) in [4.78, 5) is 29.4. The van der Waals surface area contributed by atoms with Crippen LogP contribution in [0.15, 0.2) is 42.5 Å². The van der Waals surface area contributed by atoms with E-state index in [2.05, 4.69) is 0 Å². The van der Waals surface area contributed by atoms with Crippen LogP contribution in [-0.4, -0.2) is 68.1 Å².